The number of anilines is 1. The molecule has 2 saturated heterocycles. The molecule has 0 unspecified atom stereocenters. The summed E-state index contributed by atoms with van der Waals surface area (Å²) in [5.41, 5.74) is -0.466. The maximum absolute atomic E-state index is 13.3. The molecule has 0 bridgehead atoms. The van der Waals surface area contributed by atoms with E-state index in [0.29, 0.717) is 31.7 Å². The number of nitrogens with one attached hydrogen (secondary N) is 2. The van der Waals surface area contributed by atoms with Gasteiger partial charge in [-0.05, 0) is 49.9 Å². The van der Waals surface area contributed by atoms with Crippen LogP contribution >= 0.6 is 0 Å². The summed E-state index contributed by atoms with van der Waals surface area (Å²) in [5, 5.41) is 5.39. The Kier molecular flexibility index (Phi) is 7.84. The molecule has 2 aliphatic rings. The zero-order chi connectivity index (χ0) is 26.6. The molecule has 198 valence electrons. The fourth-order valence-corrected chi connectivity index (χ4v) is 6.31. The third kappa shape index (κ3) is 5.19. The molecular formula is C26H32N4O6S. The van der Waals surface area contributed by atoms with Gasteiger partial charge in [0, 0.05) is 13.1 Å². The number of nitrogens with zero attached hydrogens (tertiary/aromatic N) is 2. The zero-order valence-electron chi connectivity index (χ0n) is 21.0. The molecule has 1 atom stereocenters. The molecule has 2 aromatic carbocycles. The summed E-state index contributed by atoms with van der Waals surface area (Å²) in [4.78, 5) is 40.0. The van der Waals surface area contributed by atoms with Gasteiger partial charge in [0.1, 0.15) is 17.8 Å². The van der Waals surface area contributed by atoms with Crippen LogP contribution in [0.1, 0.15) is 45.1 Å². The van der Waals surface area contributed by atoms with E-state index in [9.17, 15) is 22.8 Å². The van der Waals surface area contributed by atoms with Gasteiger partial charge in [-0.3, -0.25) is 14.5 Å². The van der Waals surface area contributed by atoms with Crippen molar-refractivity contribution in [1.29, 1.82) is 0 Å². The number of carbonyl (C=O) groups is 3. The van der Waals surface area contributed by atoms with Gasteiger partial charge in [-0.25, -0.2) is 13.2 Å². The summed E-state index contributed by atoms with van der Waals surface area (Å²) in [6, 6.07) is 12.5. The van der Waals surface area contributed by atoms with Crippen molar-refractivity contribution in [1.82, 2.24) is 14.5 Å². The molecule has 10 nitrogen and oxygen atoms in total. The molecule has 2 heterocycles. The van der Waals surface area contributed by atoms with Crippen molar-refractivity contribution in [3.63, 3.8) is 0 Å². The lowest BCUT2D eigenvalue weighted by atomic mass is 9.87. The fraction of sp³-hybridized carbons (Fsp3) is 0.423. The third-order valence-electron chi connectivity index (χ3n) is 6.75. The smallest absolute Gasteiger partial charge is 0.325 e. The van der Waals surface area contributed by atoms with Gasteiger partial charge in [0.15, 0.2) is 0 Å². The largest absolute Gasteiger partial charge is 0.492 e. The van der Waals surface area contributed by atoms with E-state index in [-0.39, 0.29) is 16.3 Å². The van der Waals surface area contributed by atoms with Crippen molar-refractivity contribution in [3.8, 4) is 5.75 Å². The number of piperidine rings is 1. The van der Waals surface area contributed by atoms with Crippen LogP contribution in [0.3, 0.4) is 0 Å². The summed E-state index contributed by atoms with van der Waals surface area (Å²) in [6.07, 6.45) is 2.90. The van der Waals surface area contributed by atoms with E-state index in [1.165, 1.54) is 22.5 Å². The highest BCUT2D eigenvalue weighted by Gasteiger charge is 2.51. The van der Waals surface area contributed by atoms with Crippen LogP contribution in [0, 0.1) is 0 Å². The molecule has 0 aromatic heterocycles. The number of rotatable bonds is 9. The second-order valence-electron chi connectivity index (χ2n) is 9.05. The van der Waals surface area contributed by atoms with Crippen molar-refractivity contribution in [2.24, 2.45) is 0 Å². The lowest BCUT2D eigenvalue weighted by Gasteiger charge is -2.26. The van der Waals surface area contributed by atoms with E-state index in [0.717, 1.165) is 24.2 Å². The van der Waals surface area contributed by atoms with Crippen LogP contribution in [-0.2, 0) is 25.2 Å². The van der Waals surface area contributed by atoms with Gasteiger partial charge in [-0.1, -0.05) is 43.7 Å². The SMILES string of the molecule is CCOc1ccc(S(=O)(=O)N2CCCCC2)cc1NC(=O)CN1C(=O)N[C@](CC)(c2ccccc2)C1=O. The molecule has 2 N–H and O–H groups in total. The molecule has 0 radical (unpaired) electrons. The summed E-state index contributed by atoms with van der Waals surface area (Å²) in [6.45, 7) is 4.22. The molecule has 0 spiro atoms. The normalized spacial score (nSPS) is 20.5. The first-order valence-electron chi connectivity index (χ1n) is 12.5. The van der Waals surface area contributed by atoms with Gasteiger partial charge in [-0.15, -0.1) is 0 Å². The number of sulfonamides is 1. The van der Waals surface area contributed by atoms with Gasteiger partial charge in [0.05, 0.1) is 17.2 Å². The Morgan fingerprint density at radius 1 is 1.05 bits per heavy atom. The van der Waals surface area contributed by atoms with Crippen LogP contribution in [0.5, 0.6) is 5.75 Å². The maximum atomic E-state index is 13.3. The Morgan fingerprint density at radius 2 is 1.76 bits per heavy atom. The maximum Gasteiger partial charge on any atom is 0.325 e. The van der Waals surface area contributed by atoms with Gasteiger partial charge in [-0.2, -0.15) is 4.31 Å². The first-order valence-corrected chi connectivity index (χ1v) is 13.9. The summed E-state index contributed by atoms with van der Waals surface area (Å²) < 4.78 is 33.4. The minimum Gasteiger partial charge on any atom is -0.492 e. The van der Waals surface area contributed by atoms with Crippen LogP contribution < -0.4 is 15.4 Å². The van der Waals surface area contributed by atoms with E-state index in [1.54, 1.807) is 38.1 Å². The summed E-state index contributed by atoms with van der Waals surface area (Å²) in [7, 11) is -3.74. The number of urea groups is 1. The fourth-order valence-electron chi connectivity index (χ4n) is 4.77. The Balaban J connectivity index is 1.55. The molecule has 2 aromatic rings. The third-order valence-corrected chi connectivity index (χ3v) is 8.65. The van der Waals surface area contributed by atoms with Crippen molar-refractivity contribution >= 4 is 33.6 Å². The molecule has 0 aliphatic carbocycles. The van der Waals surface area contributed by atoms with Gasteiger partial charge in [0.25, 0.3) is 5.91 Å². The van der Waals surface area contributed by atoms with Crippen LogP contribution in [0.25, 0.3) is 0 Å². The topological polar surface area (TPSA) is 125 Å². The Labute approximate surface area is 217 Å². The standard InChI is InChI=1S/C26H32N4O6S/c1-3-26(19-11-7-5-8-12-19)24(32)30(25(33)28-26)18-23(31)27-21-17-20(13-14-22(21)36-4-2)37(34,35)29-15-9-6-10-16-29/h5,7-8,11-14,17H,3-4,6,9-10,15-16,18H2,1-2H3,(H,27,31)(H,28,33)/t26-/m1/s1. The Hall–Kier alpha value is -3.44. The Bertz CT molecular complexity index is 1280. The summed E-state index contributed by atoms with van der Waals surface area (Å²) in [5.74, 6) is -0.886. The highest BCUT2D eigenvalue weighted by atomic mass is 32.2. The van der Waals surface area contributed by atoms with Gasteiger partial charge >= 0.3 is 6.03 Å². The van der Waals surface area contributed by atoms with E-state index in [2.05, 4.69) is 10.6 Å². The molecule has 4 rings (SSSR count). The number of amides is 4. The molecule has 37 heavy (non-hydrogen) atoms. The van der Waals surface area contributed by atoms with Crippen LogP contribution in [-0.4, -0.2) is 61.7 Å². The van der Waals surface area contributed by atoms with E-state index < -0.39 is 40.0 Å². The molecule has 11 heteroatoms. The van der Waals surface area contributed by atoms with Crippen molar-refractivity contribution < 1.29 is 27.5 Å². The molecular weight excluding hydrogens is 496 g/mol. The van der Waals surface area contributed by atoms with Crippen molar-refractivity contribution in [2.45, 2.75) is 50.0 Å². The average molecular weight is 529 g/mol. The van der Waals surface area contributed by atoms with E-state index in [1.807, 2.05) is 6.07 Å². The highest BCUT2D eigenvalue weighted by Crippen LogP contribution is 2.33. The molecule has 2 aliphatic heterocycles. The number of hydrogen-bond donors (Lipinski definition) is 2. The monoisotopic (exact) mass is 528 g/mol. The molecule has 4 amide bonds. The number of carbonyl (C=O) groups excluding carboxylic acids is 3. The predicted octanol–water partition coefficient (Wildman–Crippen LogP) is 3.06. The van der Waals surface area contributed by atoms with Crippen LogP contribution in [0.2, 0.25) is 0 Å². The average Bonchev–Trinajstić information content (AvgIpc) is 3.15. The Morgan fingerprint density at radius 3 is 2.41 bits per heavy atom. The zero-order valence-corrected chi connectivity index (χ0v) is 21.8. The lowest BCUT2D eigenvalue weighted by Crippen LogP contribution is -2.44. The first-order chi connectivity index (χ1) is 17.7. The van der Waals surface area contributed by atoms with Gasteiger partial charge < -0.3 is 15.4 Å². The quantitative estimate of drug-likeness (QED) is 0.482. The number of imide groups is 1. The molecule has 2 fully saturated rings. The summed E-state index contributed by atoms with van der Waals surface area (Å²) >= 11 is 0. The number of ether oxygens (including phenoxy) is 1. The van der Waals surface area contributed by atoms with E-state index in [4.69, 9.17) is 4.74 Å². The van der Waals surface area contributed by atoms with Crippen LogP contribution in [0.4, 0.5) is 10.5 Å². The lowest BCUT2D eigenvalue weighted by molar-refractivity contribution is -0.134. The van der Waals surface area contributed by atoms with Crippen LogP contribution in [0.15, 0.2) is 53.4 Å². The first kappa shape index (κ1) is 26.6. The van der Waals surface area contributed by atoms with E-state index >= 15 is 0 Å². The molecule has 0 saturated carbocycles. The predicted molar refractivity (Wildman–Crippen MR) is 138 cm³/mol. The second-order valence-corrected chi connectivity index (χ2v) is 11.0. The second kappa shape index (κ2) is 10.9. The van der Waals surface area contributed by atoms with Crippen molar-refractivity contribution in [3.05, 3.63) is 54.1 Å². The number of hydrogen-bond acceptors (Lipinski definition) is 6. The van der Waals surface area contributed by atoms with Gasteiger partial charge in [0.2, 0.25) is 15.9 Å². The minimum absolute atomic E-state index is 0.0391. The van der Waals surface area contributed by atoms with Crippen molar-refractivity contribution in [2.75, 3.05) is 31.6 Å². The number of benzene rings is 2. The minimum atomic E-state index is -3.74. The highest BCUT2D eigenvalue weighted by molar-refractivity contribution is 7.89.